The second-order valence-corrected chi connectivity index (χ2v) is 9.53. The Morgan fingerprint density at radius 2 is 1.94 bits per heavy atom. The number of nitrogens with one attached hydrogen (secondary N) is 2. The minimum atomic E-state index is -0.683. The molecule has 0 radical (unpaired) electrons. The number of fused-ring (bicyclic) bond motifs is 3. The molecular formula is C25H26F2N6O. The van der Waals surface area contributed by atoms with E-state index in [2.05, 4.69) is 25.4 Å². The first-order valence-electron chi connectivity index (χ1n) is 11.6. The zero-order valence-electron chi connectivity index (χ0n) is 19.2. The van der Waals surface area contributed by atoms with E-state index in [1.165, 1.54) is 24.6 Å². The van der Waals surface area contributed by atoms with E-state index in [1.807, 2.05) is 19.9 Å². The van der Waals surface area contributed by atoms with Crippen LogP contribution in [0.5, 0.6) is 0 Å². The topological polar surface area (TPSA) is 78.4 Å². The van der Waals surface area contributed by atoms with Crippen molar-refractivity contribution in [2.24, 2.45) is 10.4 Å². The van der Waals surface area contributed by atoms with Crippen LogP contribution in [0.25, 0.3) is 11.3 Å². The lowest BCUT2D eigenvalue weighted by Crippen LogP contribution is -2.44. The molecule has 0 bridgehead atoms. The highest BCUT2D eigenvalue weighted by Gasteiger charge is 2.39. The maximum atomic E-state index is 14.7. The van der Waals surface area contributed by atoms with E-state index in [4.69, 9.17) is 9.72 Å². The van der Waals surface area contributed by atoms with Crippen molar-refractivity contribution in [3.8, 4) is 11.3 Å². The number of aliphatic imine (C=N–C) groups is 1. The van der Waals surface area contributed by atoms with Crippen LogP contribution in [0.4, 0.5) is 26.0 Å². The average molecular weight is 465 g/mol. The van der Waals surface area contributed by atoms with E-state index in [0.29, 0.717) is 22.8 Å². The molecule has 34 heavy (non-hydrogen) atoms. The van der Waals surface area contributed by atoms with Crippen molar-refractivity contribution >= 4 is 23.0 Å². The molecule has 1 atom stereocenters. The van der Waals surface area contributed by atoms with Crippen LogP contribution in [0, 0.1) is 30.9 Å². The largest absolute Gasteiger partial charge is 0.381 e. The summed E-state index contributed by atoms with van der Waals surface area (Å²) >= 11 is 0. The van der Waals surface area contributed by atoms with Crippen molar-refractivity contribution in [3.05, 3.63) is 52.9 Å². The third-order valence-corrected chi connectivity index (χ3v) is 7.21. The number of nitrogens with zero attached hydrogens (tertiary/aromatic N) is 4. The molecule has 0 saturated carbocycles. The van der Waals surface area contributed by atoms with Gasteiger partial charge in [-0.2, -0.15) is 5.10 Å². The van der Waals surface area contributed by atoms with Crippen molar-refractivity contribution in [1.29, 1.82) is 0 Å². The lowest BCUT2D eigenvalue weighted by Gasteiger charge is -2.40. The second-order valence-electron chi connectivity index (χ2n) is 9.53. The van der Waals surface area contributed by atoms with Crippen LogP contribution in [0.3, 0.4) is 0 Å². The summed E-state index contributed by atoms with van der Waals surface area (Å²) < 4.78 is 35.1. The number of aromatic nitrogens is 3. The van der Waals surface area contributed by atoms with Gasteiger partial charge in [0.05, 0.1) is 34.9 Å². The molecule has 1 aromatic carbocycles. The Hall–Kier alpha value is -3.33. The number of benzene rings is 1. The molecular weight excluding hydrogens is 438 g/mol. The number of aromatic amines is 1. The molecule has 0 unspecified atom stereocenters. The minimum absolute atomic E-state index is 0.0952. The van der Waals surface area contributed by atoms with E-state index >= 15 is 0 Å². The number of hydrogen-bond donors (Lipinski definition) is 2. The molecule has 3 aliphatic rings. The summed E-state index contributed by atoms with van der Waals surface area (Å²) in [5.41, 5.74) is 4.10. The number of pyridine rings is 1. The number of halogens is 2. The molecule has 2 N–H and O–H groups in total. The quantitative estimate of drug-likeness (QED) is 0.565. The molecule has 176 valence electrons. The smallest absolute Gasteiger partial charge is 0.144 e. The highest BCUT2D eigenvalue weighted by molar-refractivity contribution is 6.14. The lowest BCUT2D eigenvalue weighted by atomic mass is 9.79. The third kappa shape index (κ3) is 3.37. The van der Waals surface area contributed by atoms with E-state index in [9.17, 15) is 8.78 Å². The van der Waals surface area contributed by atoms with Crippen molar-refractivity contribution in [2.45, 2.75) is 33.1 Å². The van der Waals surface area contributed by atoms with Crippen LogP contribution in [0.1, 0.15) is 36.2 Å². The maximum absolute atomic E-state index is 14.7. The number of hydrogen-bond acceptors (Lipinski definition) is 6. The van der Waals surface area contributed by atoms with Crippen molar-refractivity contribution < 1.29 is 13.5 Å². The first-order valence-corrected chi connectivity index (χ1v) is 11.6. The number of amidine groups is 1. The molecule has 9 heteroatoms. The predicted octanol–water partition coefficient (Wildman–Crippen LogP) is 4.88. The summed E-state index contributed by atoms with van der Waals surface area (Å²) in [7, 11) is 0. The Labute approximate surface area is 196 Å². The lowest BCUT2D eigenvalue weighted by molar-refractivity contribution is 0.139. The molecule has 3 aliphatic heterocycles. The Kier molecular flexibility index (Phi) is 4.91. The van der Waals surface area contributed by atoms with Gasteiger partial charge in [0.15, 0.2) is 0 Å². The van der Waals surface area contributed by atoms with Crippen molar-refractivity contribution in [2.75, 3.05) is 36.5 Å². The summed E-state index contributed by atoms with van der Waals surface area (Å²) in [6.45, 7) is 7.17. The molecule has 5 heterocycles. The number of piperidine rings is 1. The van der Waals surface area contributed by atoms with Crippen LogP contribution in [-0.2, 0) is 4.74 Å². The predicted molar refractivity (Wildman–Crippen MR) is 127 cm³/mol. The van der Waals surface area contributed by atoms with Gasteiger partial charge in [0.25, 0.3) is 0 Å². The highest BCUT2D eigenvalue weighted by Crippen LogP contribution is 2.43. The first kappa shape index (κ1) is 21.2. The van der Waals surface area contributed by atoms with Crippen LogP contribution in [0.2, 0.25) is 0 Å². The van der Waals surface area contributed by atoms with Gasteiger partial charge in [0.2, 0.25) is 0 Å². The van der Waals surface area contributed by atoms with Crippen LogP contribution in [0.15, 0.2) is 29.3 Å². The number of ether oxygens (including phenoxy) is 1. The summed E-state index contributed by atoms with van der Waals surface area (Å²) in [4.78, 5) is 11.9. The Balaban J connectivity index is 1.47. The molecule has 3 aromatic rings. The molecule has 2 saturated heterocycles. The SMILES string of the molecule is Cc1n[nH]c2c1N=C(c1c(F)cccc1F)Nc1c-2cc(N2CCC[C@]3(CCOC3)C2)nc1C. The fourth-order valence-corrected chi connectivity index (χ4v) is 5.40. The van der Waals surface area contributed by atoms with Gasteiger partial charge < -0.3 is 15.0 Å². The molecule has 2 aromatic heterocycles. The van der Waals surface area contributed by atoms with Crippen molar-refractivity contribution in [1.82, 2.24) is 15.2 Å². The third-order valence-electron chi connectivity index (χ3n) is 7.21. The Morgan fingerprint density at radius 1 is 1.12 bits per heavy atom. The summed E-state index contributed by atoms with van der Waals surface area (Å²) in [6, 6.07) is 5.82. The molecule has 0 amide bonds. The number of aryl methyl sites for hydroxylation is 2. The number of H-pyrrole nitrogens is 1. The van der Waals surface area contributed by atoms with Gasteiger partial charge in [0.1, 0.15) is 29.0 Å². The van der Waals surface area contributed by atoms with Gasteiger partial charge >= 0.3 is 0 Å². The number of anilines is 2. The molecule has 7 nitrogen and oxygen atoms in total. The number of rotatable bonds is 2. The fraction of sp³-hybridized carbons (Fsp3) is 0.400. The van der Waals surface area contributed by atoms with Gasteiger partial charge in [-0.3, -0.25) is 5.10 Å². The Morgan fingerprint density at radius 3 is 2.71 bits per heavy atom. The first-order chi connectivity index (χ1) is 16.4. The molecule has 2 fully saturated rings. The van der Waals surface area contributed by atoms with E-state index in [1.54, 1.807) is 0 Å². The fourth-order valence-electron chi connectivity index (χ4n) is 5.40. The van der Waals surface area contributed by atoms with Crippen LogP contribution < -0.4 is 10.2 Å². The summed E-state index contributed by atoms with van der Waals surface area (Å²) in [6.07, 6.45) is 3.34. The monoisotopic (exact) mass is 464 g/mol. The van der Waals surface area contributed by atoms with Gasteiger partial charge in [0, 0.05) is 30.7 Å². The zero-order chi connectivity index (χ0) is 23.4. The Bertz CT molecular complexity index is 1290. The highest BCUT2D eigenvalue weighted by atomic mass is 19.1. The maximum Gasteiger partial charge on any atom is 0.144 e. The van der Waals surface area contributed by atoms with E-state index < -0.39 is 11.6 Å². The van der Waals surface area contributed by atoms with E-state index in [0.717, 1.165) is 56.2 Å². The standard InChI is InChI=1S/C25H26F2N6O/c1-14-21-16(11-19(28-14)33-9-4-7-25(12-33)8-10-34-13-25)23-22(15(2)31-32-23)30-24(29-21)20-17(26)5-3-6-18(20)27/h3,5-6,11H,4,7-10,12-13H2,1-2H3,(H,29,30)(H,31,32)/t25-/m0/s1. The van der Waals surface area contributed by atoms with Crippen LogP contribution in [-0.4, -0.2) is 47.3 Å². The normalized spacial score (nSPS) is 21.6. The minimum Gasteiger partial charge on any atom is -0.381 e. The van der Waals surface area contributed by atoms with Gasteiger partial charge in [-0.1, -0.05) is 6.07 Å². The second kappa shape index (κ2) is 7.87. The van der Waals surface area contributed by atoms with Crippen LogP contribution >= 0.6 is 0 Å². The molecule has 0 aliphatic carbocycles. The average Bonchev–Trinajstić information content (AvgIpc) is 3.36. The van der Waals surface area contributed by atoms with Gasteiger partial charge in [-0.25, -0.2) is 18.8 Å². The van der Waals surface area contributed by atoms with Gasteiger partial charge in [-0.05, 0) is 51.3 Å². The van der Waals surface area contributed by atoms with Gasteiger partial charge in [-0.15, -0.1) is 0 Å². The van der Waals surface area contributed by atoms with E-state index in [-0.39, 0.29) is 16.8 Å². The summed E-state index contributed by atoms with van der Waals surface area (Å²) in [5.74, 6) is -0.394. The summed E-state index contributed by atoms with van der Waals surface area (Å²) in [5, 5.41) is 10.6. The van der Waals surface area contributed by atoms with Crippen molar-refractivity contribution in [3.63, 3.8) is 0 Å². The molecule has 1 spiro atoms. The molecule has 6 rings (SSSR count). The zero-order valence-corrected chi connectivity index (χ0v) is 19.2.